The predicted octanol–water partition coefficient (Wildman–Crippen LogP) is 5.10. The number of ether oxygens (including phenoxy) is 1. The Morgan fingerprint density at radius 3 is 2.54 bits per heavy atom. The van der Waals surface area contributed by atoms with Gasteiger partial charge in [-0.1, -0.05) is 35.9 Å². The Kier molecular flexibility index (Phi) is 6.23. The number of carbonyl (C=O) groups is 1. The Morgan fingerprint density at radius 2 is 1.89 bits per heavy atom. The van der Waals surface area contributed by atoms with Crippen molar-refractivity contribution in [2.24, 2.45) is 0 Å². The van der Waals surface area contributed by atoms with Crippen LogP contribution in [0.5, 0.6) is 0 Å². The fourth-order valence-electron chi connectivity index (χ4n) is 3.85. The molecule has 0 radical (unpaired) electrons. The van der Waals surface area contributed by atoms with Crippen molar-refractivity contribution >= 4 is 23.0 Å². The van der Waals surface area contributed by atoms with Crippen LogP contribution in [0.4, 0.5) is 0 Å². The van der Waals surface area contributed by atoms with E-state index in [9.17, 15) is 15.0 Å². The molecule has 0 saturated heterocycles. The number of aliphatic hydroxyl groups excluding tert-OH is 1. The molecule has 2 aromatic carbocycles. The molecule has 0 aromatic heterocycles. The summed E-state index contributed by atoms with van der Waals surface area (Å²) in [5.74, 6) is -0.465. The summed E-state index contributed by atoms with van der Waals surface area (Å²) in [6.07, 6.45) is 2.75. The predicted molar refractivity (Wildman–Crippen MR) is 111 cm³/mol. The van der Waals surface area contributed by atoms with Gasteiger partial charge in [-0.05, 0) is 66.6 Å². The average molecular weight is 401 g/mol. The number of carbonyl (C=O) groups excluding carboxylic acids is 1. The molecule has 3 rings (SSSR count). The Balaban J connectivity index is 1.97. The van der Waals surface area contributed by atoms with Gasteiger partial charge in [0.2, 0.25) is 0 Å². The molecule has 148 valence electrons. The molecule has 0 aliphatic heterocycles. The molecule has 0 spiro atoms. The Morgan fingerprint density at radius 1 is 1.21 bits per heavy atom. The quantitative estimate of drug-likeness (QED) is 0.541. The molecule has 2 unspecified atom stereocenters. The normalized spacial score (nSPS) is 22.9. The first kappa shape index (κ1) is 20.6. The van der Waals surface area contributed by atoms with Gasteiger partial charge in [0.05, 0.1) is 17.9 Å². The van der Waals surface area contributed by atoms with Gasteiger partial charge in [0.25, 0.3) is 0 Å². The minimum atomic E-state index is -1.53. The van der Waals surface area contributed by atoms with Crippen molar-refractivity contribution in [1.82, 2.24) is 0 Å². The number of ketones is 1. The number of methoxy groups -OCH3 is 1. The van der Waals surface area contributed by atoms with Gasteiger partial charge in [0, 0.05) is 18.6 Å². The maximum absolute atomic E-state index is 13.2. The summed E-state index contributed by atoms with van der Waals surface area (Å²) >= 11 is 5.97. The lowest BCUT2D eigenvalue weighted by atomic mass is 9.76. The number of aliphatic hydroxyl groups is 2. The van der Waals surface area contributed by atoms with Crippen LogP contribution >= 0.6 is 11.6 Å². The van der Waals surface area contributed by atoms with Crippen molar-refractivity contribution in [2.45, 2.75) is 44.3 Å². The first-order chi connectivity index (χ1) is 13.4. The second-order valence-electron chi connectivity index (χ2n) is 7.39. The summed E-state index contributed by atoms with van der Waals surface area (Å²) < 4.78 is 5.36. The van der Waals surface area contributed by atoms with Gasteiger partial charge in [-0.2, -0.15) is 0 Å². The number of Topliss-reactive ketones (excluding diaryl/α,β-unsaturated/α-hetero) is 1. The van der Waals surface area contributed by atoms with E-state index in [0.717, 1.165) is 29.4 Å². The maximum Gasteiger partial charge on any atom is 0.198 e. The molecule has 28 heavy (non-hydrogen) atoms. The summed E-state index contributed by atoms with van der Waals surface area (Å²) in [6, 6.07) is 13.1. The summed E-state index contributed by atoms with van der Waals surface area (Å²) in [7, 11) is 1.59. The zero-order chi connectivity index (χ0) is 20.3. The van der Waals surface area contributed by atoms with Crippen LogP contribution < -0.4 is 0 Å². The van der Waals surface area contributed by atoms with E-state index in [1.807, 2.05) is 37.3 Å². The van der Waals surface area contributed by atoms with E-state index >= 15 is 0 Å². The minimum absolute atomic E-state index is 0.118. The van der Waals surface area contributed by atoms with Crippen LogP contribution in [0.3, 0.4) is 0 Å². The Bertz CT molecular complexity index is 888. The third-order valence-electron chi connectivity index (χ3n) is 5.52. The number of benzene rings is 2. The number of aryl methyl sites for hydroxylation is 1. The van der Waals surface area contributed by atoms with Crippen LogP contribution in [-0.4, -0.2) is 34.8 Å². The summed E-state index contributed by atoms with van der Waals surface area (Å²) in [4.78, 5) is 13.2. The van der Waals surface area contributed by atoms with Crippen molar-refractivity contribution in [3.63, 3.8) is 0 Å². The second-order valence-corrected chi connectivity index (χ2v) is 7.83. The highest BCUT2D eigenvalue weighted by atomic mass is 35.5. The maximum atomic E-state index is 13.2. The van der Waals surface area contributed by atoms with E-state index in [2.05, 4.69) is 0 Å². The lowest BCUT2D eigenvalue weighted by molar-refractivity contribution is -0.139. The number of hydrogen-bond donors (Lipinski definition) is 2. The lowest BCUT2D eigenvalue weighted by Crippen LogP contribution is -2.45. The molecular weight excluding hydrogens is 376 g/mol. The molecule has 2 atom stereocenters. The molecule has 5 heteroatoms. The van der Waals surface area contributed by atoms with Crippen LogP contribution in [0.1, 0.15) is 36.8 Å². The standard InChI is InChI=1S/C23H25ClO4/c1-15-5-6-17(16-7-9-18(24)10-8-16)12-20(15)21(14-25)22(26)23(27)11-3-4-19(13-23)28-2/h5-10,12,14,19,25,27H,3-4,11,13H2,1-2H3. The molecule has 1 aliphatic carbocycles. The van der Waals surface area contributed by atoms with Crippen LogP contribution in [0.2, 0.25) is 5.02 Å². The van der Waals surface area contributed by atoms with Crippen molar-refractivity contribution < 1.29 is 19.7 Å². The van der Waals surface area contributed by atoms with Crippen molar-refractivity contribution in [1.29, 1.82) is 0 Å². The molecule has 1 aliphatic rings. The fraction of sp³-hybridized carbons (Fsp3) is 0.348. The molecular formula is C23H25ClO4. The number of halogens is 1. The Labute approximate surface area is 170 Å². The SMILES string of the molecule is COC1CCCC(O)(C(=O)C(=CO)c2cc(-c3ccc(Cl)cc3)ccc2C)C1. The van der Waals surface area contributed by atoms with Crippen LogP contribution in [0.25, 0.3) is 16.7 Å². The van der Waals surface area contributed by atoms with Gasteiger partial charge >= 0.3 is 0 Å². The molecule has 1 saturated carbocycles. The highest BCUT2D eigenvalue weighted by molar-refractivity contribution is 6.30. The number of hydrogen-bond acceptors (Lipinski definition) is 4. The first-order valence-corrected chi connectivity index (χ1v) is 9.77. The third-order valence-corrected chi connectivity index (χ3v) is 5.77. The van der Waals surface area contributed by atoms with E-state index < -0.39 is 11.4 Å². The topological polar surface area (TPSA) is 66.8 Å². The van der Waals surface area contributed by atoms with Crippen LogP contribution in [0, 0.1) is 6.92 Å². The molecule has 2 N–H and O–H groups in total. The van der Waals surface area contributed by atoms with Gasteiger partial charge in [-0.25, -0.2) is 0 Å². The molecule has 0 amide bonds. The fourth-order valence-corrected chi connectivity index (χ4v) is 3.97. The van der Waals surface area contributed by atoms with Gasteiger partial charge in [0.1, 0.15) is 5.60 Å². The van der Waals surface area contributed by atoms with E-state index in [1.54, 1.807) is 19.2 Å². The number of rotatable bonds is 5. The van der Waals surface area contributed by atoms with E-state index in [1.165, 1.54) is 0 Å². The zero-order valence-corrected chi connectivity index (χ0v) is 16.9. The minimum Gasteiger partial charge on any atom is -0.515 e. The van der Waals surface area contributed by atoms with Crippen LogP contribution in [-0.2, 0) is 9.53 Å². The summed E-state index contributed by atoms with van der Waals surface area (Å²) in [6.45, 7) is 1.88. The largest absolute Gasteiger partial charge is 0.515 e. The molecule has 0 heterocycles. The van der Waals surface area contributed by atoms with Crippen molar-refractivity contribution in [2.75, 3.05) is 7.11 Å². The molecule has 0 bridgehead atoms. The van der Waals surface area contributed by atoms with Crippen molar-refractivity contribution in [3.8, 4) is 11.1 Å². The highest BCUT2D eigenvalue weighted by Gasteiger charge is 2.42. The van der Waals surface area contributed by atoms with Gasteiger partial charge < -0.3 is 14.9 Å². The van der Waals surface area contributed by atoms with E-state index in [-0.39, 0.29) is 18.1 Å². The van der Waals surface area contributed by atoms with Crippen LogP contribution in [0.15, 0.2) is 48.7 Å². The smallest absolute Gasteiger partial charge is 0.198 e. The second kappa shape index (κ2) is 8.48. The lowest BCUT2D eigenvalue weighted by Gasteiger charge is -2.35. The average Bonchev–Trinajstić information content (AvgIpc) is 2.70. The third kappa shape index (κ3) is 4.14. The molecule has 4 nitrogen and oxygen atoms in total. The van der Waals surface area contributed by atoms with E-state index in [0.29, 0.717) is 23.4 Å². The zero-order valence-electron chi connectivity index (χ0n) is 16.1. The van der Waals surface area contributed by atoms with Crippen molar-refractivity contribution in [3.05, 3.63) is 64.9 Å². The summed E-state index contributed by atoms with van der Waals surface area (Å²) in [5.41, 5.74) is 1.88. The first-order valence-electron chi connectivity index (χ1n) is 9.39. The van der Waals surface area contributed by atoms with Gasteiger partial charge in [-0.15, -0.1) is 0 Å². The highest BCUT2D eigenvalue weighted by Crippen LogP contribution is 2.36. The van der Waals surface area contributed by atoms with Gasteiger partial charge in [-0.3, -0.25) is 4.79 Å². The monoisotopic (exact) mass is 400 g/mol. The Hall–Kier alpha value is -2.14. The van der Waals surface area contributed by atoms with E-state index in [4.69, 9.17) is 16.3 Å². The van der Waals surface area contributed by atoms with Gasteiger partial charge in [0.15, 0.2) is 5.78 Å². The summed E-state index contributed by atoms with van der Waals surface area (Å²) in [5, 5.41) is 21.6. The molecule has 2 aromatic rings. The molecule has 1 fully saturated rings.